The predicted molar refractivity (Wildman–Crippen MR) is 181 cm³/mol. The van der Waals surface area contributed by atoms with E-state index in [4.69, 9.17) is 30.4 Å². The van der Waals surface area contributed by atoms with Gasteiger partial charge < -0.3 is 30.4 Å². The smallest absolute Gasteiger partial charge is 0.0637 e. The average Bonchev–Trinajstić information content (AvgIpc) is 2.73. The highest BCUT2D eigenvalue weighted by atomic mass is 16.5. The van der Waals surface area contributed by atoms with Crippen molar-refractivity contribution in [3.05, 3.63) is 0 Å². The van der Waals surface area contributed by atoms with E-state index in [1.54, 1.807) is 0 Å². The number of nitrogens with two attached hydrogens (primary N) is 2. The molecule has 0 saturated carbocycles. The van der Waals surface area contributed by atoms with E-state index >= 15 is 0 Å². The molecular formula is C36H76N2O4. The van der Waals surface area contributed by atoms with Crippen LogP contribution in [0, 0.1) is 27.1 Å². The average molecular weight is 601 g/mol. The van der Waals surface area contributed by atoms with Crippen LogP contribution in [-0.2, 0) is 18.9 Å². The minimum absolute atomic E-state index is 0.0491. The van der Waals surface area contributed by atoms with Gasteiger partial charge in [0.25, 0.3) is 0 Å². The molecule has 0 saturated heterocycles. The second-order valence-corrected chi connectivity index (χ2v) is 18.3. The summed E-state index contributed by atoms with van der Waals surface area (Å²) >= 11 is 0. The molecule has 0 aliphatic heterocycles. The zero-order valence-corrected chi connectivity index (χ0v) is 30.9. The highest BCUT2D eigenvalue weighted by Gasteiger charge is 2.37. The van der Waals surface area contributed by atoms with Crippen molar-refractivity contribution in [3.63, 3.8) is 0 Å². The lowest BCUT2D eigenvalue weighted by atomic mass is 9.81. The summed E-state index contributed by atoms with van der Waals surface area (Å²) in [5.41, 5.74) is 12.0. The van der Waals surface area contributed by atoms with Gasteiger partial charge in [-0.25, -0.2) is 0 Å². The third-order valence-electron chi connectivity index (χ3n) is 7.61. The number of unbranched alkanes of at least 4 members (excludes halogenated alkanes) is 1. The molecule has 0 rings (SSSR count). The molecular weight excluding hydrogens is 524 g/mol. The van der Waals surface area contributed by atoms with Gasteiger partial charge in [-0.3, -0.25) is 0 Å². The monoisotopic (exact) mass is 601 g/mol. The van der Waals surface area contributed by atoms with E-state index in [9.17, 15) is 0 Å². The maximum Gasteiger partial charge on any atom is 0.0637 e. The first-order chi connectivity index (χ1) is 18.9. The summed E-state index contributed by atoms with van der Waals surface area (Å²) in [5.74, 6) is 0. The van der Waals surface area contributed by atoms with Crippen LogP contribution in [-0.4, -0.2) is 63.9 Å². The van der Waals surface area contributed by atoms with Crippen molar-refractivity contribution in [2.75, 3.05) is 52.9 Å². The van der Waals surface area contributed by atoms with Gasteiger partial charge in [0, 0.05) is 11.1 Å². The maximum atomic E-state index is 6.54. The molecule has 0 aliphatic rings. The Balaban J connectivity index is 5.93. The van der Waals surface area contributed by atoms with Gasteiger partial charge in [0.05, 0.1) is 58.3 Å². The zero-order valence-electron chi connectivity index (χ0n) is 30.9. The fourth-order valence-electron chi connectivity index (χ4n) is 6.47. The quantitative estimate of drug-likeness (QED) is 0.109. The Kier molecular flexibility index (Phi) is 17.4. The van der Waals surface area contributed by atoms with Crippen LogP contribution in [0.3, 0.4) is 0 Å². The highest BCUT2D eigenvalue weighted by molar-refractivity contribution is 4.86. The SMILES string of the molecule is CCCCC(C)(C)COCC(COCC(C)(C)CCC)(COCC(C)(C)CC(C)(C)N)COCC(C)(C)CC(C)(C)N. The first-order valence-corrected chi connectivity index (χ1v) is 16.8. The van der Waals surface area contributed by atoms with E-state index in [1.165, 1.54) is 12.8 Å². The molecule has 6 heteroatoms. The van der Waals surface area contributed by atoms with Gasteiger partial charge in [0.2, 0.25) is 0 Å². The van der Waals surface area contributed by atoms with Crippen LogP contribution in [0.2, 0.25) is 0 Å². The fourth-order valence-corrected chi connectivity index (χ4v) is 6.47. The lowest BCUT2D eigenvalue weighted by Crippen LogP contribution is -2.45. The summed E-state index contributed by atoms with van der Waals surface area (Å²) in [7, 11) is 0. The highest BCUT2D eigenvalue weighted by Crippen LogP contribution is 2.32. The lowest BCUT2D eigenvalue weighted by molar-refractivity contribution is -0.133. The first-order valence-electron chi connectivity index (χ1n) is 16.8. The van der Waals surface area contributed by atoms with Gasteiger partial charge in [-0.15, -0.1) is 0 Å². The molecule has 42 heavy (non-hydrogen) atoms. The fraction of sp³-hybridized carbons (Fsp3) is 1.00. The molecule has 254 valence electrons. The molecule has 0 fully saturated rings. The minimum Gasteiger partial charge on any atom is -0.380 e. The van der Waals surface area contributed by atoms with E-state index in [0.717, 1.165) is 32.1 Å². The summed E-state index contributed by atoms with van der Waals surface area (Å²) in [6.07, 6.45) is 7.57. The van der Waals surface area contributed by atoms with E-state index in [0.29, 0.717) is 52.9 Å². The number of hydrogen-bond donors (Lipinski definition) is 2. The van der Waals surface area contributed by atoms with Gasteiger partial charge >= 0.3 is 0 Å². The van der Waals surface area contributed by atoms with E-state index in [-0.39, 0.29) is 32.7 Å². The second-order valence-electron chi connectivity index (χ2n) is 18.3. The summed E-state index contributed by atoms with van der Waals surface area (Å²) < 4.78 is 26.1. The van der Waals surface area contributed by atoms with Crippen LogP contribution in [0.1, 0.15) is 142 Å². The summed E-state index contributed by atoms with van der Waals surface area (Å²) in [5, 5.41) is 0. The molecule has 0 amide bonds. The summed E-state index contributed by atoms with van der Waals surface area (Å²) in [6.45, 7) is 35.6. The van der Waals surface area contributed by atoms with Crippen LogP contribution in [0.5, 0.6) is 0 Å². The van der Waals surface area contributed by atoms with E-state index < -0.39 is 5.41 Å². The Bertz CT molecular complexity index is 683. The van der Waals surface area contributed by atoms with Gasteiger partial charge in [-0.1, -0.05) is 88.5 Å². The molecule has 4 N–H and O–H groups in total. The molecule has 0 spiro atoms. The van der Waals surface area contributed by atoms with Crippen molar-refractivity contribution in [1.29, 1.82) is 0 Å². The van der Waals surface area contributed by atoms with Gasteiger partial charge in [0.1, 0.15) is 0 Å². The van der Waals surface area contributed by atoms with Crippen LogP contribution in [0.15, 0.2) is 0 Å². The second kappa shape index (κ2) is 17.5. The van der Waals surface area contributed by atoms with E-state index in [1.807, 2.05) is 0 Å². The molecule has 0 bridgehead atoms. The van der Waals surface area contributed by atoms with Crippen molar-refractivity contribution in [1.82, 2.24) is 0 Å². The number of ether oxygens (including phenoxy) is 4. The molecule has 0 heterocycles. The zero-order chi connectivity index (χ0) is 32.9. The molecule has 0 atom stereocenters. The Morgan fingerprint density at radius 1 is 0.405 bits per heavy atom. The molecule has 6 nitrogen and oxygen atoms in total. The molecule has 0 aliphatic carbocycles. The predicted octanol–water partition coefficient (Wildman–Crippen LogP) is 8.39. The summed E-state index contributed by atoms with van der Waals surface area (Å²) in [4.78, 5) is 0. The molecule has 0 unspecified atom stereocenters. The molecule has 0 aromatic rings. The Morgan fingerprint density at radius 3 is 1.00 bits per heavy atom. The lowest BCUT2D eigenvalue weighted by Gasteiger charge is -2.38. The first kappa shape index (κ1) is 41.8. The van der Waals surface area contributed by atoms with Crippen molar-refractivity contribution >= 4 is 0 Å². The van der Waals surface area contributed by atoms with Gasteiger partial charge in [-0.05, 0) is 75.0 Å². The van der Waals surface area contributed by atoms with Gasteiger partial charge in [-0.2, -0.15) is 0 Å². The Labute approximate surface area is 263 Å². The van der Waals surface area contributed by atoms with Crippen LogP contribution < -0.4 is 11.5 Å². The topological polar surface area (TPSA) is 89.0 Å². The maximum absolute atomic E-state index is 6.54. The van der Waals surface area contributed by atoms with Crippen LogP contribution in [0.4, 0.5) is 0 Å². The number of hydrogen-bond acceptors (Lipinski definition) is 6. The van der Waals surface area contributed by atoms with Gasteiger partial charge in [0.15, 0.2) is 0 Å². The minimum atomic E-state index is -0.425. The van der Waals surface area contributed by atoms with Crippen molar-refractivity contribution in [2.45, 2.75) is 153 Å². The standard InChI is InChI=1S/C36H76N2O4/c1-15-17-19-31(5,6)23-40-27-36(26-39-22-30(3,4)18-16-2,28-41-24-32(7,8)20-34(11,12)37)29-42-25-33(9,10)21-35(13,14)38/h15-29,37-38H2,1-14H3. The Morgan fingerprint density at radius 2 is 0.714 bits per heavy atom. The largest absolute Gasteiger partial charge is 0.380 e. The number of rotatable bonds is 25. The third kappa shape index (κ3) is 21.5. The third-order valence-corrected chi connectivity index (χ3v) is 7.61. The van der Waals surface area contributed by atoms with Crippen LogP contribution >= 0.6 is 0 Å². The van der Waals surface area contributed by atoms with Crippen molar-refractivity contribution < 1.29 is 18.9 Å². The van der Waals surface area contributed by atoms with E-state index in [2.05, 4.69) is 96.9 Å². The molecule has 0 aromatic heterocycles. The van der Waals surface area contributed by atoms with Crippen LogP contribution in [0.25, 0.3) is 0 Å². The molecule has 0 radical (unpaired) electrons. The van der Waals surface area contributed by atoms with Crippen molar-refractivity contribution in [2.24, 2.45) is 38.5 Å². The molecule has 0 aromatic carbocycles. The van der Waals surface area contributed by atoms with Crippen molar-refractivity contribution in [3.8, 4) is 0 Å². The summed E-state index contributed by atoms with van der Waals surface area (Å²) in [6, 6.07) is 0. The Hall–Kier alpha value is -0.240. The normalized spacial score (nSPS) is 14.6.